The molecular weight excluding hydrogens is 152 g/mol. The molecule has 2 aliphatic rings. The molecule has 2 fully saturated rings. The molecule has 12 heavy (non-hydrogen) atoms. The van der Waals surface area contributed by atoms with Gasteiger partial charge in [-0.2, -0.15) is 0 Å². The van der Waals surface area contributed by atoms with Crippen molar-refractivity contribution in [2.75, 3.05) is 26.2 Å². The molecule has 1 saturated heterocycles. The van der Waals surface area contributed by atoms with E-state index < -0.39 is 0 Å². The second-order valence-corrected chi connectivity index (χ2v) is 3.81. The third-order valence-corrected chi connectivity index (χ3v) is 3.19. The molecule has 0 spiro atoms. The number of nitrogens with one attached hydrogen (secondary N) is 1. The number of hydrogen-bond donors (Lipinski definition) is 1. The fourth-order valence-electron chi connectivity index (χ4n) is 2.16. The van der Waals surface area contributed by atoms with Gasteiger partial charge in [0.25, 0.3) is 0 Å². The topological polar surface area (TPSA) is 32.3 Å². The van der Waals surface area contributed by atoms with E-state index in [2.05, 4.69) is 10.2 Å². The van der Waals surface area contributed by atoms with Crippen molar-refractivity contribution >= 4 is 6.29 Å². The van der Waals surface area contributed by atoms with E-state index in [4.69, 9.17) is 0 Å². The Morgan fingerprint density at radius 3 is 2.33 bits per heavy atom. The van der Waals surface area contributed by atoms with Crippen LogP contribution in [0.2, 0.25) is 0 Å². The van der Waals surface area contributed by atoms with Gasteiger partial charge in [0.1, 0.15) is 6.29 Å². The van der Waals surface area contributed by atoms with Gasteiger partial charge in [0.15, 0.2) is 0 Å². The number of piperazine rings is 1. The predicted octanol–water partition coefficient (Wildman–Crippen LogP) is 0.0132. The van der Waals surface area contributed by atoms with Crippen LogP contribution in [0.1, 0.15) is 19.3 Å². The van der Waals surface area contributed by atoms with E-state index in [9.17, 15) is 4.79 Å². The lowest BCUT2D eigenvalue weighted by Gasteiger charge is -2.48. The lowest BCUT2D eigenvalue weighted by Crippen LogP contribution is -2.60. The third-order valence-electron chi connectivity index (χ3n) is 3.19. The molecule has 68 valence electrons. The van der Waals surface area contributed by atoms with E-state index in [0.29, 0.717) is 0 Å². The Hall–Kier alpha value is -0.410. The van der Waals surface area contributed by atoms with Gasteiger partial charge in [-0.25, -0.2) is 0 Å². The van der Waals surface area contributed by atoms with Crippen LogP contribution in [0, 0.1) is 0 Å². The van der Waals surface area contributed by atoms with Crippen LogP contribution in [-0.2, 0) is 4.79 Å². The highest BCUT2D eigenvalue weighted by molar-refractivity contribution is 5.66. The number of rotatable bonds is 2. The highest BCUT2D eigenvalue weighted by atomic mass is 16.1. The second kappa shape index (κ2) is 3.15. The maximum Gasteiger partial charge on any atom is 0.140 e. The first-order valence-corrected chi connectivity index (χ1v) is 4.79. The molecule has 0 aromatic rings. The van der Waals surface area contributed by atoms with Gasteiger partial charge >= 0.3 is 0 Å². The van der Waals surface area contributed by atoms with Gasteiger partial charge in [-0.3, -0.25) is 4.90 Å². The van der Waals surface area contributed by atoms with Crippen molar-refractivity contribution < 1.29 is 4.79 Å². The van der Waals surface area contributed by atoms with Gasteiger partial charge in [-0.05, 0) is 19.3 Å². The Bertz CT molecular complexity index is 171. The van der Waals surface area contributed by atoms with Crippen LogP contribution in [0.15, 0.2) is 0 Å². The van der Waals surface area contributed by atoms with Gasteiger partial charge in [0, 0.05) is 26.2 Å². The number of carbonyl (C=O) groups is 1. The number of aldehydes is 1. The first-order valence-electron chi connectivity index (χ1n) is 4.79. The monoisotopic (exact) mass is 168 g/mol. The smallest absolute Gasteiger partial charge is 0.140 e. The maximum atomic E-state index is 10.9. The number of nitrogens with zero attached hydrogens (tertiary/aromatic N) is 1. The van der Waals surface area contributed by atoms with Crippen LogP contribution in [-0.4, -0.2) is 42.9 Å². The van der Waals surface area contributed by atoms with Crippen LogP contribution >= 0.6 is 0 Å². The molecule has 1 saturated carbocycles. The fourth-order valence-corrected chi connectivity index (χ4v) is 2.16. The van der Waals surface area contributed by atoms with E-state index in [0.717, 1.165) is 39.0 Å². The summed E-state index contributed by atoms with van der Waals surface area (Å²) in [4.78, 5) is 13.3. The summed E-state index contributed by atoms with van der Waals surface area (Å²) in [5, 5.41) is 3.30. The molecular formula is C9H16N2O. The van der Waals surface area contributed by atoms with Crippen molar-refractivity contribution in [3.63, 3.8) is 0 Å². The van der Waals surface area contributed by atoms with Gasteiger partial charge in [0.2, 0.25) is 0 Å². The normalized spacial score (nSPS) is 29.3. The highest BCUT2D eigenvalue weighted by Crippen LogP contribution is 2.35. The van der Waals surface area contributed by atoms with Crippen molar-refractivity contribution in [1.29, 1.82) is 0 Å². The quantitative estimate of drug-likeness (QED) is 0.590. The van der Waals surface area contributed by atoms with Crippen LogP contribution < -0.4 is 5.32 Å². The molecule has 2 rings (SSSR count). The molecule has 1 aliphatic heterocycles. The molecule has 3 heteroatoms. The van der Waals surface area contributed by atoms with Crippen molar-refractivity contribution in [3.8, 4) is 0 Å². The van der Waals surface area contributed by atoms with Gasteiger partial charge < -0.3 is 10.1 Å². The van der Waals surface area contributed by atoms with Crippen LogP contribution in [0.25, 0.3) is 0 Å². The largest absolute Gasteiger partial charge is 0.314 e. The Labute approximate surface area is 73.1 Å². The predicted molar refractivity (Wildman–Crippen MR) is 47.1 cm³/mol. The summed E-state index contributed by atoms with van der Waals surface area (Å²) >= 11 is 0. The molecule has 0 radical (unpaired) electrons. The molecule has 1 aliphatic carbocycles. The van der Waals surface area contributed by atoms with E-state index in [1.54, 1.807) is 0 Å². The average molecular weight is 168 g/mol. The summed E-state index contributed by atoms with van der Waals surface area (Å²) in [5.41, 5.74) is -0.0535. The minimum Gasteiger partial charge on any atom is -0.314 e. The van der Waals surface area contributed by atoms with E-state index in [-0.39, 0.29) is 5.54 Å². The van der Waals surface area contributed by atoms with Crippen molar-refractivity contribution in [2.45, 2.75) is 24.8 Å². The second-order valence-electron chi connectivity index (χ2n) is 3.81. The van der Waals surface area contributed by atoms with E-state index in [1.165, 1.54) is 12.7 Å². The van der Waals surface area contributed by atoms with Crippen molar-refractivity contribution in [2.24, 2.45) is 0 Å². The molecule has 0 unspecified atom stereocenters. The van der Waals surface area contributed by atoms with Gasteiger partial charge in [0.05, 0.1) is 5.54 Å². The summed E-state index contributed by atoms with van der Waals surface area (Å²) in [7, 11) is 0. The van der Waals surface area contributed by atoms with Crippen LogP contribution in [0.5, 0.6) is 0 Å². The Balaban J connectivity index is 1.99. The zero-order valence-corrected chi connectivity index (χ0v) is 7.38. The Morgan fingerprint density at radius 2 is 1.92 bits per heavy atom. The summed E-state index contributed by atoms with van der Waals surface area (Å²) in [6, 6.07) is 0. The summed E-state index contributed by atoms with van der Waals surface area (Å²) in [5.74, 6) is 0. The molecule has 0 bridgehead atoms. The standard InChI is InChI=1S/C9H16N2O/c12-8-9(2-1-3-9)11-6-4-10-5-7-11/h8,10H,1-7H2. The van der Waals surface area contributed by atoms with Gasteiger partial charge in [-0.1, -0.05) is 0 Å². The van der Waals surface area contributed by atoms with E-state index >= 15 is 0 Å². The molecule has 1 N–H and O–H groups in total. The summed E-state index contributed by atoms with van der Waals surface area (Å²) in [6.45, 7) is 4.16. The molecule has 3 nitrogen and oxygen atoms in total. The van der Waals surface area contributed by atoms with Crippen molar-refractivity contribution in [3.05, 3.63) is 0 Å². The molecule has 1 heterocycles. The average Bonchev–Trinajstić information content (AvgIpc) is 2.05. The molecule has 0 aromatic carbocycles. The highest BCUT2D eigenvalue weighted by Gasteiger charge is 2.42. The number of carbonyl (C=O) groups excluding carboxylic acids is 1. The zero-order chi connectivity index (χ0) is 8.44. The minimum absolute atomic E-state index is 0.0535. The Morgan fingerprint density at radius 1 is 1.25 bits per heavy atom. The number of hydrogen-bond acceptors (Lipinski definition) is 3. The Kier molecular flexibility index (Phi) is 2.15. The fraction of sp³-hybridized carbons (Fsp3) is 0.889. The summed E-state index contributed by atoms with van der Waals surface area (Å²) in [6.07, 6.45) is 4.55. The minimum atomic E-state index is -0.0535. The van der Waals surface area contributed by atoms with Gasteiger partial charge in [-0.15, -0.1) is 0 Å². The lowest BCUT2D eigenvalue weighted by atomic mass is 9.76. The van der Waals surface area contributed by atoms with Crippen LogP contribution in [0.4, 0.5) is 0 Å². The SMILES string of the molecule is O=CC1(N2CCNCC2)CCC1. The maximum absolute atomic E-state index is 10.9. The van der Waals surface area contributed by atoms with E-state index in [1.807, 2.05) is 0 Å². The van der Waals surface area contributed by atoms with Crippen molar-refractivity contribution in [1.82, 2.24) is 10.2 Å². The molecule has 0 amide bonds. The first kappa shape index (κ1) is 8.20. The third kappa shape index (κ3) is 1.17. The van der Waals surface area contributed by atoms with Crippen LogP contribution in [0.3, 0.4) is 0 Å². The first-order chi connectivity index (χ1) is 5.87. The molecule has 0 atom stereocenters. The molecule has 0 aromatic heterocycles. The summed E-state index contributed by atoms with van der Waals surface area (Å²) < 4.78 is 0. The zero-order valence-electron chi connectivity index (χ0n) is 7.38. The lowest BCUT2D eigenvalue weighted by molar-refractivity contribution is -0.124.